The van der Waals surface area contributed by atoms with Gasteiger partial charge in [0.05, 0.1) is 0 Å². The van der Waals surface area contributed by atoms with Crippen molar-refractivity contribution in [3.63, 3.8) is 0 Å². The van der Waals surface area contributed by atoms with Crippen molar-refractivity contribution in [3.05, 3.63) is 29.8 Å². The molecular formula is C18H29LiO. The third-order valence-electron chi connectivity index (χ3n) is 3.77. The zero-order valence-corrected chi connectivity index (χ0v) is 13.5. The summed E-state index contributed by atoms with van der Waals surface area (Å²) in [6.07, 6.45) is 14.4. The van der Waals surface area contributed by atoms with Crippen LogP contribution in [-0.4, -0.2) is 0 Å². The van der Waals surface area contributed by atoms with Crippen LogP contribution in [-0.2, 0) is 6.42 Å². The summed E-state index contributed by atoms with van der Waals surface area (Å²) in [4.78, 5) is 0. The topological polar surface area (TPSA) is 23.1 Å². The molecule has 0 N–H and O–H groups in total. The molecule has 0 heterocycles. The third-order valence-corrected chi connectivity index (χ3v) is 3.77. The van der Waals surface area contributed by atoms with Crippen molar-refractivity contribution in [1.82, 2.24) is 0 Å². The Morgan fingerprint density at radius 3 is 1.80 bits per heavy atom. The Labute approximate surface area is 137 Å². The van der Waals surface area contributed by atoms with Gasteiger partial charge in [0.2, 0.25) is 0 Å². The fourth-order valence-electron chi connectivity index (χ4n) is 2.51. The van der Waals surface area contributed by atoms with Crippen molar-refractivity contribution < 1.29 is 24.0 Å². The van der Waals surface area contributed by atoms with Crippen molar-refractivity contribution in [1.29, 1.82) is 0 Å². The van der Waals surface area contributed by atoms with Crippen molar-refractivity contribution in [2.24, 2.45) is 0 Å². The number of aryl methyl sites for hydroxylation is 1. The van der Waals surface area contributed by atoms with Gasteiger partial charge in [0, 0.05) is 0 Å². The molecule has 0 unspecified atom stereocenters. The van der Waals surface area contributed by atoms with Gasteiger partial charge in [-0.2, -0.15) is 0 Å². The van der Waals surface area contributed by atoms with Crippen LogP contribution in [0.2, 0.25) is 0 Å². The Bertz CT molecular complexity index is 325. The minimum Gasteiger partial charge on any atom is -0.872 e. The van der Waals surface area contributed by atoms with Gasteiger partial charge in [-0.1, -0.05) is 94.5 Å². The average molecular weight is 268 g/mol. The Balaban J connectivity index is 0.00000361. The first-order valence-corrected chi connectivity index (χ1v) is 8.09. The summed E-state index contributed by atoms with van der Waals surface area (Å²) in [5.41, 5.74) is 0.988. The average Bonchev–Trinajstić information content (AvgIpc) is 2.43. The van der Waals surface area contributed by atoms with Gasteiger partial charge < -0.3 is 5.11 Å². The molecule has 0 aliphatic heterocycles. The fourth-order valence-corrected chi connectivity index (χ4v) is 2.51. The molecule has 0 aliphatic carbocycles. The maximum Gasteiger partial charge on any atom is 1.00 e. The molecule has 0 saturated carbocycles. The summed E-state index contributed by atoms with van der Waals surface area (Å²) in [6.45, 7) is 2.26. The molecule has 0 fully saturated rings. The van der Waals surface area contributed by atoms with Crippen LogP contribution in [0, 0.1) is 0 Å². The number of unbranched alkanes of at least 4 members (excludes halogenated alkanes) is 9. The number of hydrogen-bond donors (Lipinski definition) is 0. The Morgan fingerprint density at radius 2 is 1.25 bits per heavy atom. The van der Waals surface area contributed by atoms with Gasteiger partial charge in [-0.05, 0) is 12.8 Å². The first kappa shape index (κ1) is 19.6. The second kappa shape index (κ2) is 13.6. The van der Waals surface area contributed by atoms with E-state index in [0.29, 0.717) is 0 Å². The summed E-state index contributed by atoms with van der Waals surface area (Å²) >= 11 is 0. The van der Waals surface area contributed by atoms with Crippen molar-refractivity contribution >= 4 is 0 Å². The van der Waals surface area contributed by atoms with Crippen LogP contribution < -0.4 is 24.0 Å². The van der Waals surface area contributed by atoms with Gasteiger partial charge in [-0.15, -0.1) is 5.75 Å². The monoisotopic (exact) mass is 268 g/mol. The Hall–Kier alpha value is -0.383. The van der Waals surface area contributed by atoms with E-state index in [-0.39, 0.29) is 24.6 Å². The van der Waals surface area contributed by atoms with Crippen LogP contribution in [0.15, 0.2) is 24.3 Å². The minimum atomic E-state index is 0. The number of benzene rings is 1. The van der Waals surface area contributed by atoms with Crippen molar-refractivity contribution in [2.45, 2.75) is 77.6 Å². The van der Waals surface area contributed by atoms with Gasteiger partial charge in [-0.3, -0.25) is 0 Å². The Morgan fingerprint density at radius 1 is 0.750 bits per heavy atom. The molecule has 1 aromatic carbocycles. The summed E-state index contributed by atoms with van der Waals surface area (Å²) in [6, 6.07) is 7.43. The molecule has 0 spiro atoms. The fraction of sp³-hybridized carbons (Fsp3) is 0.667. The van der Waals surface area contributed by atoms with E-state index in [1.165, 1.54) is 57.8 Å². The molecule has 108 valence electrons. The second-order valence-corrected chi connectivity index (χ2v) is 5.54. The number of rotatable bonds is 11. The quantitative estimate of drug-likeness (QED) is 0.446. The molecule has 0 amide bonds. The molecule has 2 heteroatoms. The van der Waals surface area contributed by atoms with E-state index in [2.05, 4.69) is 6.92 Å². The van der Waals surface area contributed by atoms with E-state index < -0.39 is 0 Å². The van der Waals surface area contributed by atoms with Gasteiger partial charge >= 0.3 is 18.9 Å². The minimum absolute atomic E-state index is 0. The molecule has 0 aromatic heterocycles. The van der Waals surface area contributed by atoms with E-state index >= 15 is 0 Å². The molecule has 0 bridgehead atoms. The predicted molar refractivity (Wildman–Crippen MR) is 81.4 cm³/mol. The van der Waals surface area contributed by atoms with Gasteiger partial charge in [0.25, 0.3) is 0 Å². The van der Waals surface area contributed by atoms with Crippen LogP contribution in [0.5, 0.6) is 5.75 Å². The molecule has 1 nitrogen and oxygen atoms in total. The van der Waals surface area contributed by atoms with E-state index in [4.69, 9.17) is 0 Å². The maximum atomic E-state index is 11.5. The first-order valence-electron chi connectivity index (χ1n) is 8.09. The zero-order valence-electron chi connectivity index (χ0n) is 13.5. The van der Waals surface area contributed by atoms with E-state index in [1.54, 1.807) is 6.07 Å². The smallest absolute Gasteiger partial charge is 0.872 e. The van der Waals surface area contributed by atoms with Gasteiger partial charge in [0.1, 0.15) is 0 Å². The third kappa shape index (κ3) is 9.51. The largest absolute Gasteiger partial charge is 1.00 e. The van der Waals surface area contributed by atoms with Crippen LogP contribution in [0.1, 0.15) is 76.7 Å². The van der Waals surface area contributed by atoms with E-state index in [0.717, 1.165) is 18.4 Å². The SMILES string of the molecule is CCCCCCCCCCCCc1ccccc1[O-].[Li+]. The summed E-state index contributed by atoms with van der Waals surface area (Å²) < 4.78 is 0. The molecule has 1 aromatic rings. The summed E-state index contributed by atoms with van der Waals surface area (Å²) in [7, 11) is 0. The zero-order chi connectivity index (χ0) is 13.8. The van der Waals surface area contributed by atoms with E-state index in [9.17, 15) is 5.11 Å². The predicted octanol–water partition coefficient (Wildman–Crippen LogP) is 2.23. The molecule has 20 heavy (non-hydrogen) atoms. The number of hydrogen-bond acceptors (Lipinski definition) is 1. The Kier molecular flexibility index (Phi) is 13.3. The maximum absolute atomic E-state index is 11.5. The van der Waals surface area contributed by atoms with Crippen molar-refractivity contribution in [2.75, 3.05) is 0 Å². The summed E-state index contributed by atoms with van der Waals surface area (Å²) in [5.74, 6) is 0.207. The molecule has 1 rings (SSSR count). The second-order valence-electron chi connectivity index (χ2n) is 5.54. The van der Waals surface area contributed by atoms with Crippen LogP contribution >= 0.6 is 0 Å². The normalized spacial score (nSPS) is 10.2. The molecule has 0 saturated heterocycles. The molecular weight excluding hydrogens is 239 g/mol. The van der Waals surface area contributed by atoms with Crippen molar-refractivity contribution in [3.8, 4) is 5.75 Å². The van der Waals surface area contributed by atoms with Crippen LogP contribution in [0.3, 0.4) is 0 Å². The molecule has 0 radical (unpaired) electrons. The van der Waals surface area contributed by atoms with E-state index in [1.807, 2.05) is 18.2 Å². The standard InChI is InChI=1S/C18H30O.Li/c1-2-3-4-5-6-7-8-9-10-11-14-17-15-12-13-16-18(17)19;/h12-13,15-16,19H,2-11,14H2,1H3;/q;+1/p-1. The molecule has 0 atom stereocenters. The van der Waals surface area contributed by atoms with Crippen LogP contribution in [0.4, 0.5) is 0 Å². The first-order chi connectivity index (χ1) is 9.34. The number of para-hydroxylation sites is 1. The molecule has 0 aliphatic rings. The van der Waals surface area contributed by atoms with Gasteiger partial charge in [-0.25, -0.2) is 0 Å². The van der Waals surface area contributed by atoms with Crippen LogP contribution in [0.25, 0.3) is 0 Å². The van der Waals surface area contributed by atoms with Gasteiger partial charge in [0.15, 0.2) is 0 Å². The summed E-state index contributed by atoms with van der Waals surface area (Å²) in [5, 5.41) is 11.5.